The fourth-order valence-corrected chi connectivity index (χ4v) is 3.51. The summed E-state index contributed by atoms with van der Waals surface area (Å²) in [6.07, 6.45) is 2.63. The maximum Gasteiger partial charge on any atom is 0.0237 e. The van der Waals surface area contributed by atoms with Crippen molar-refractivity contribution in [2.24, 2.45) is 0 Å². The second kappa shape index (κ2) is 6.70. The highest BCUT2D eigenvalue weighted by Crippen LogP contribution is 2.30. The normalized spacial score (nSPS) is 23.1. The summed E-state index contributed by atoms with van der Waals surface area (Å²) in [6.45, 7) is 8.25. The van der Waals surface area contributed by atoms with Gasteiger partial charge in [0, 0.05) is 32.7 Å². The summed E-state index contributed by atoms with van der Waals surface area (Å²) >= 11 is 0. The number of piperidine rings is 1. The van der Waals surface area contributed by atoms with E-state index < -0.39 is 0 Å². The highest BCUT2D eigenvalue weighted by molar-refractivity contribution is 5.31. The topological polar surface area (TPSA) is 18.5 Å². The number of hydrogen-bond donors (Lipinski definition) is 1. The van der Waals surface area contributed by atoms with E-state index in [0.29, 0.717) is 0 Å². The Morgan fingerprint density at radius 3 is 2.50 bits per heavy atom. The zero-order chi connectivity index (χ0) is 13.8. The van der Waals surface area contributed by atoms with E-state index in [-0.39, 0.29) is 0 Å². The molecule has 0 radical (unpaired) electrons. The molecule has 1 aromatic carbocycles. The number of piperazine rings is 1. The molecule has 2 fully saturated rings. The monoisotopic (exact) mass is 273 g/mol. The Bertz CT molecular complexity index is 418. The van der Waals surface area contributed by atoms with E-state index >= 15 is 0 Å². The van der Waals surface area contributed by atoms with Crippen LogP contribution in [0.15, 0.2) is 24.3 Å². The molecule has 0 saturated carbocycles. The van der Waals surface area contributed by atoms with Crippen molar-refractivity contribution in [3.63, 3.8) is 0 Å². The van der Waals surface area contributed by atoms with Gasteiger partial charge in [-0.15, -0.1) is 0 Å². The van der Waals surface area contributed by atoms with Gasteiger partial charge >= 0.3 is 0 Å². The number of hydrogen-bond acceptors (Lipinski definition) is 3. The highest BCUT2D eigenvalue weighted by Gasteiger charge is 2.21. The molecular weight excluding hydrogens is 246 g/mol. The summed E-state index contributed by atoms with van der Waals surface area (Å²) in [5.74, 6) is 0.769. The van der Waals surface area contributed by atoms with Gasteiger partial charge in [0.15, 0.2) is 0 Å². The Morgan fingerprint density at radius 2 is 1.75 bits per heavy atom. The summed E-state index contributed by atoms with van der Waals surface area (Å²) in [5.41, 5.74) is 3.17. The first-order valence-electron chi connectivity index (χ1n) is 8.02. The molecule has 0 unspecified atom stereocenters. The minimum absolute atomic E-state index is 0.769. The smallest absolute Gasteiger partial charge is 0.0237 e. The van der Waals surface area contributed by atoms with Crippen LogP contribution in [0.25, 0.3) is 0 Å². The molecule has 0 amide bonds. The van der Waals surface area contributed by atoms with Crippen LogP contribution in [0.2, 0.25) is 0 Å². The summed E-state index contributed by atoms with van der Waals surface area (Å²) in [5, 5.41) is 3.44. The Labute approximate surface area is 123 Å². The molecule has 1 N–H and O–H groups in total. The predicted molar refractivity (Wildman–Crippen MR) is 84.1 cm³/mol. The largest absolute Gasteiger partial charge is 0.314 e. The van der Waals surface area contributed by atoms with Gasteiger partial charge in [-0.1, -0.05) is 24.3 Å². The third kappa shape index (κ3) is 3.40. The van der Waals surface area contributed by atoms with Crippen LogP contribution >= 0.6 is 0 Å². The van der Waals surface area contributed by atoms with Crippen LogP contribution in [0.4, 0.5) is 0 Å². The van der Waals surface area contributed by atoms with E-state index in [4.69, 9.17) is 0 Å². The van der Waals surface area contributed by atoms with Crippen molar-refractivity contribution in [1.29, 1.82) is 0 Å². The molecule has 3 heteroatoms. The van der Waals surface area contributed by atoms with Crippen LogP contribution in [0.3, 0.4) is 0 Å². The number of nitrogens with zero attached hydrogens (tertiary/aromatic N) is 2. The van der Waals surface area contributed by atoms with Crippen LogP contribution in [0.1, 0.15) is 29.9 Å². The van der Waals surface area contributed by atoms with Crippen molar-refractivity contribution in [2.75, 3.05) is 46.3 Å². The van der Waals surface area contributed by atoms with E-state index in [1.165, 1.54) is 39.0 Å². The maximum absolute atomic E-state index is 3.44. The first kappa shape index (κ1) is 14.1. The fraction of sp³-hybridized carbons (Fsp3) is 0.647. The summed E-state index contributed by atoms with van der Waals surface area (Å²) in [4.78, 5) is 5.04. The standard InChI is InChI=1S/C17H27N3/c1-19-10-6-15(7-11-19)17-5-3-2-4-16(17)14-20-12-8-18-9-13-20/h2-5,15,18H,6-14H2,1H3. The van der Waals surface area contributed by atoms with Gasteiger partial charge in [-0.05, 0) is 50.0 Å². The molecule has 110 valence electrons. The molecule has 2 heterocycles. The Hall–Kier alpha value is -0.900. The van der Waals surface area contributed by atoms with Crippen molar-refractivity contribution in [3.05, 3.63) is 35.4 Å². The number of nitrogens with one attached hydrogen (secondary N) is 1. The third-order valence-electron chi connectivity index (χ3n) is 4.82. The average molecular weight is 273 g/mol. The van der Waals surface area contributed by atoms with Crippen LogP contribution in [-0.4, -0.2) is 56.1 Å². The molecule has 3 rings (SSSR count). The second-order valence-corrected chi connectivity index (χ2v) is 6.30. The van der Waals surface area contributed by atoms with Gasteiger partial charge in [0.1, 0.15) is 0 Å². The van der Waals surface area contributed by atoms with Crippen molar-refractivity contribution in [2.45, 2.75) is 25.3 Å². The van der Waals surface area contributed by atoms with E-state index in [2.05, 4.69) is 46.4 Å². The molecule has 2 saturated heterocycles. The molecule has 3 nitrogen and oxygen atoms in total. The Morgan fingerprint density at radius 1 is 1.05 bits per heavy atom. The van der Waals surface area contributed by atoms with Crippen molar-refractivity contribution in [1.82, 2.24) is 15.1 Å². The lowest BCUT2D eigenvalue weighted by Gasteiger charge is -2.32. The van der Waals surface area contributed by atoms with E-state index in [1.807, 2.05) is 0 Å². The highest BCUT2D eigenvalue weighted by atomic mass is 15.2. The lowest BCUT2D eigenvalue weighted by molar-refractivity contribution is 0.229. The Balaban J connectivity index is 1.70. The average Bonchev–Trinajstić information content (AvgIpc) is 2.50. The SMILES string of the molecule is CN1CCC(c2ccccc2CN2CCNCC2)CC1. The molecule has 0 aromatic heterocycles. The minimum Gasteiger partial charge on any atom is -0.314 e. The van der Waals surface area contributed by atoms with E-state index in [0.717, 1.165) is 25.6 Å². The Kier molecular flexibility index (Phi) is 4.71. The first-order chi connectivity index (χ1) is 9.83. The molecule has 0 atom stereocenters. The van der Waals surface area contributed by atoms with Crippen LogP contribution in [0.5, 0.6) is 0 Å². The molecule has 2 aliphatic rings. The lowest BCUT2D eigenvalue weighted by Crippen LogP contribution is -2.43. The van der Waals surface area contributed by atoms with Gasteiger partial charge in [0.05, 0.1) is 0 Å². The number of likely N-dealkylation sites (tertiary alicyclic amines) is 1. The van der Waals surface area contributed by atoms with Gasteiger partial charge in [0.25, 0.3) is 0 Å². The van der Waals surface area contributed by atoms with Crippen LogP contribution in [0, 0.1) is 0 Å². The third-order valence-corrected chi connectivity index (χ3v) is 4.82. The van der Waals surface area contributed by atoms with Gasteiger partial charge in [-0.3, -0.25) is 4.90 Å². The zero-order valence-corrected chi connectivity index (χ0v) is 12.6. The molecular formula is C17H27N3. The molecule has 0 spiro atoms. The van der Waals surface area contributed by atoms with Crippen molar-refractivity contribution in [3.8, 4) is 0 Å². The second-order valence-electron chi connectivity index (χ2n) is 6.30. The van der Waals surface area contributed by atoms with Gasteiger partial charge < -0.3 is 10.2 Å². The quantitative estimate of drug-likeness (QED) is 0.907. The zero-order valence-electron chi connectivity index (χ0n) is 12.6. The molecule has 1 aromatic rings. The van der Waals surface area contributed by atoms with Crippen LogP contribution in [-0.2, 0) is 6.54 Å². The number of benzene rings is 1. The number of rotatable bonds is 3. The van der Waals surface area contributed by atoms with E-state index in [1.54, 1.807) is 11.1 Å². The van der Waals surface area contributed by atoms with Crippen molar-refractivity contribution < 1.29 is 0 Å². The molecule has 0 aliphatic carbocycles. The summed E-state index contributed by atoms with van der Waals surface area (Å²) < 4.78 is 0. The van der Waals surface area contributed by atoms with Crippen LogP contribution < -0.4 is 5.32 Å². The van der Waals surface area contributed by atoms with E-state index in [9.17, 15) is 0 Å². The predicted octanol–water partition coefficient (Wildman–Crippen LogP) is 1.90. The van der Waals surface area contributed by atoms with Gasteiger partial charge in [0.2, 0.25) is 0 Å². The lowest BCUT2D eigenvalue weighted by atomic mass is 9.86. The van der Waals surface area contributed by atoms with Crippen molar-refractivity contribution >= 4 is 0 Å². The first-order valence-corrected chi connectivity index (χ1v) is 8.02. The summed E-state index contributed by atoms with van der Waals surface area (Å²) in [7, 11) is 2.24. The maximum atomic E-state index is 3.44. The minimum atomic E-state index is 0.769. The molecule has 0 bridgehead atoms. The molecule has 2 aliphatic heterocycles. The summed E-state index contributed by atoms with van der Waals surface area (Å²) in [6, 6.07) is 9.13. The molecule has 20 heavy (non-hydrogen) atoms. The van der Waals surface area contributed by atoms with Gasteiger partial charge in [-0.25, -0.2) is 0 Å². The van der Waals surface area contributed by atoms with Gasteiger partial charge in [-0.2, -0.15) is 0 Å². The fourth-order valence-electron chi connectivity index (χ4n) is 3.51.